The Labute approximate surface area is 134 Å². The van der Waals surface area contributed by atoms with Crippen molar-refractivity contribution in [3.05, 3.63) is 0 Å². The number of piperidine rings is 1. The molecule has 0 unspecified atom stereocenters. The van der Waals surface area contributed by atoms with E-state index in [-0.39, 0.29) is 0 Å². The van der Waals surface area contributed by atoms with Crippen LogP contribution in [-0.2, 0) is 0 Å². The molecule has 1 rings (SSSR count). The molecule has 0 aromatic carbocycles. The van der Waals surface area contributed by atoms with Gasteiger partial charge in [0, 0.05) is 0 Å². The van der Waals surface area contributed by atoms with Gasteiger partial charge in [-0.25, -0.2) is 0 Å². The second kappa shape index (κ2) is 11.5. The highest BCUT2D eigenvalue weighted by Gasteiger charge is 2.33. The fourth-order valence-corrected chi connectivity index (χ4v) is 3.96. The lowest BCUT2D eigenvalue weighted by molar-refractivity contribution is 0.0806. The molecule has 0 spiro atoms. The Balaban J connectivity index is 2.36. The summed E-state index contributed by atoms with van der Waals surface area (Å²) in [4.78, 5) is 2.74. The molecule has 126 valence electrons. The maximum absolute atomic E-state index is 2.74. The summed E-state index contributed by atoms with van der Waals surface area (Å²) in [5.74, 6) is 0. The maximum Gasteiger partial charge on any atom is -0.00134 e. The van der Waals surface area contributed by atoms with Crippen LogP contribution in [0.2, 0.25) is 0 Å². The van der Waals surface area contributed by atoms with Gasteiger partial charge in [-0.1, -0.05) is 72.1 Å². The predicted octanol–water partition coefficient (Wildman–Crippen LogP) is 6.42. The van der Waals surface area contributed by atoms with E-state index in [0.29, 0.717) is 5.41 Å². The second-order valence-corrected chi connectivity index (χ2v) is 7.46. The Morgan fingerprint density at radius 3 is 1.62 bits per heavy atom. The Morgan fingerprint density at radius 2 is 1.14 bits per heavy atom. The van der Waals surface area contributed by atoms with E-state index in [2.05, 4.69) is 25.7 Å². The largest absolute Gasteiger partial charge is 0.303 e. The Bertz CT molecular complexity index is 216. The molecular weight excluding hydrogens is 254 g/mol. The number of hydrogen-bond donors (Lipinski definition) is 0. The zero-order chi connectivity index (χ0) is 15.4. The van der Waals surface area contributed by atoms with Crippen LogP contribution in [0.5, 0.6) is 0 Å². The molecule has 1 aliphatic heterocycles. The van der Waals surface area contributed by atoms with Crippen LogP contribution in [0.4, 0.5) is 0 Å². The van der Waals surface area contributed by atoms with E-state index >= 15 is 0 Å². The molecule has 1 aliphatic rings. The van der Waals surface area contributed by atoms with Crippen LogP contribution in [0.1, 0.15) is 104 Å². The first-order valence-corrected chi connectivity index (χ1v) is 9.98. The average molecular weight is 296 g/mol. The molecule has 0 amide bonds. The van der Waals surface area contributed by atoms with Gasteiger partial charge in [0.2, 0.25) is 0 Å². The molecule has 0 aromatic rings. The van der Waals surface area contributed by atoms with Crippen LogP contribution in [0, 0.1) is 5.41 Å². The van der Waals surface area contributed by atoms with Gasteiger partial charge in [-0.05, 0) is 57.2 Å². The molecule has 0 radical (unpaired) electrons. The van der Waals surface area contributed by atoms with Gasteiger partial charge in [0.05, 0.1) is 0 Å². The smallest absolute Gasteiger partial charge is 0.00134 e. The fraction of sp³-hybridized carbons (Fsp3) is 1.00. The van der Waals surface area contributed by atoms with Crippen LogP contribution in [-0.4, -0.2) is 24.5 Å². The summed E-state index contributed by atoms with van der Waals surface area (Å²) < 4.78 is 0. The van der Waals surface area contributed by atoms with Gasteiger partial charge >= 0.3 is 0 Å². The zero-order valence-corrected chi connectivity index (χ0v) is 15.3. The van der Waals surface area contributed by atoms with Gasteiger partial charge in [0.25, 0.3) is 0 Å². The van der Waals surface area contributed by atoms with Gasteiger partial charge in [-0.2, -0.15) is 0 Å². The topological polar surface area (TPSA) is 3.24 Å². The van der Waals surface area contributed by atoms with Crippen molar-refractivity contribution in [1.29, 1.82) is 0 Å². The standard InChI is InChI=1S/C20H41N/c1-4-7-10-13-20(14-11-8-5-2)15-18-21(19-16-20)17-12-9-6-3/h4-19H2,1-3H3. The van der Waals surface area contributed by atoms with Gasteiger partial charge in [-0.3, -0.25) is 0 Å². The zero-order valence-electron chi connectivity index (χ0n) is 15.3. The number of rotatable bonds is 12. The number of likely N-dealkylation sites (tertiary alicyclic amines) is 1. The highest BCUT2D eigenvalue weighted by Crippen LogP contribution is 2.41. The second-order valence-electron chi connectivity index (χ2n) is 7.46. The summed E-state index contributed by atoms with van der Waals surface area (Å²) in [6, 6.07) is 0. The summed E-state index contributed by atoms with van der Waals surface area (Å²) in [7, 11) is 0. The van der Waals surface area contributed by atoms with Gasteiger partial charge in [-0.15, -0.1) is 0 Å². The van der Waals surface area contributed by atoms with E-state index in [4.69, 9.17) is 0 Å². The third-order valence-electron chi connectivity index (χ3n) is 5.62. The number of nitrogens with zero attached hydrogens (tertiary/aromatic N) is 1. The van der Waals surface area contributed by atoms with Crippen molar-refractivity contribution < 1.29 is 0 Å². The molecule has 1 heteroatoms. The quantitative estimate of drug-likeness (QED) is 0.375. The lowest BCUT2D eigenvalue weighted by Gasteiger charge is -2.42. The molecule has 21 heavy (non-hydrogen) atoms. The highest BCUT2D eigenvalue weighted by atomic mass is 15.1. The molecule has 0 saturated carbocycles. The summed E-state index contributed by atoms with van der Waals surface area (Å²) in [5.41, 5.74) is 0.714. The Hall–Kier alpha value is -0.0400. The minimum atomic E-state index is 0.714. The molecule has 0 aliphatic carbocycles. The summed E-state index contributed by atoms with van der Waals surface area (Å²) in [5, 5.41) is 0. The molecule has 1 nitrogen and oxygen atoms in total. The molecule has 0 N–H and O–H groups in total. The summed E-state index contributed by atoms with van der Waals surface area (Å²) >= 11 is 0. The first kappa shape index (κ1) is 19.0. The van der Waals surface area contributed by atoms with E-state index in [1.807, 2.05) is 0 Å². The van der Waals surface area contributed by atoms with Gasteiger partial charge < -0.3 is 4.90 Å². The summed E-state index contributed by atoms with van der Waals surface area (Å²) in [6.07, 6.45) is 18.7. The first-order valence-electron chi connectivity index (χ1n) is 9.98. The summed E-state index contributed by atoms with van der Waals surface area (Å²) in [6.45, 7) is 11.1. The SMILES string of the molecule is CCCCCN1CCC(CCCCC)(CCCCC)CC1. The van der Waals surface area contributed by atoms with Crippen LogP contribution in [0.3, 0.4) is 0 Å². The van der Waals surface area contributed by atoms with E-state index in [9.17, 15) is 0 Å². The Kier molecular flexibility index (Phi) is 10.4. The van der Waals surface area contributed by atoms with Crippen LogP contribution >= 0.6 is 0 Å². The van der Waals surface area contributed by atoms with Crippen molar-refractivity contribution in [2.24, 2.45) is 5.41 Å². The van der Waals surface area contributed by atoms with E-state index in [1.54, 1.807) is 0 Å². The lowest BCUT2D eigenvalue weighted by atomic mass is 9.71. The number of unbranched alkanes of at least 4 members (excludes halogenated alkanes) is 6. The van der Waals surface area contributed by atoms with Crippen molar-refractivity contribution >= 4 is 0 Å². The van der Waals surface area contributed by atoms with Crippen LogP contribution in [0.15, 0.2) is 0 Å². The third kappa shape index (κ3) is 7.68. The Morgan fingerprint density at radius 1 is 0.667 bits per heavy atom. The first-order chi connectivity index (χ1) is 10.3. The molecule has 1 fully saturated rings. The van der Waals surface area contributed by atoms with Crippen molar-refractivity contribution in [3.8, 4) is 0 Å². The van der Waals surface area contributed by atoms with Crippen molar-refractivity contribution in [3.63, 3.8) is 0 Å². The molecule has 1 heterocycles. The molecule has 1 saturated heterocycles. The molecule has 0 atom stereocenters. The van der Waals surface area contributed by atoms with Crippen LogP contribution in [0.25, 0.3) is 0 Å². The average Bonchev–Trinajstić information content (AvgIpc) is 2.50. The predicted molar refractivity (Wildman–Crippen MR) is 95.9 cm³/mol. The van der Waals surface area contributed by atoms with E-state index in [1.165, 1.54) is 103 Å². The molecule has 0 aromatic heterocycles. The van der Waals surface area contributed by atoms with Crippen molar-refractivity contribution in [2.45, 2.75) is 104 Å². The minimum absolute atomic E-state index is 0.714. The van der Waals surface area contributed by atoms with E-state index in [0.717, 1.165) is 0 Å². The lowest BCUT2D eigenvalue weighted by Crippen LogP contribution is -2.40. The van der Waals surface area contributed by atoms with Gasteiger partial charge in [0.1, 0.15) is 0 Å². The molecular formula is C20H41N. The van der Waals surface area contributed by atoms with Crippen LogP contribution < -0.4 is 0 Å². The maximum atomic E-state index is 2.74. The molecule has 0 bridgehead atoms. The minimum Gasteiger partial charge on any atom is -0.303 e. The monoisotopic (exact) mass is 295 g/mol. The van der Waals surface area contributed by atoms with Crippen molar-refractivity contribution in [1.82, 2.24) is 4.90 Å². The normalized spacial score (nSPS) is 19.0. The van der Waals surface area contributed by atoms with Gasteiger partial charge in [0.15, 0.2) is 0 Å². The fourth-order valence-electron chi connectivity index (χ4n) is 3.96. The number of hydrogen-bond acceptors (Lipinski definition) is 1. The van der Waals surface area contributed by atoms with Crippen molar-refractivity contribution in [2.75, 3.05) is 19.6 Å². The highest BCUT2D eigenvalue weighted by molar-refractivity contribution is 4.86. The van der Waals surface area contributed by atoms with E-state index < -0.39 is 0 Å². The third-order valence-corrected chi connectivity index (χ3v) is 5.62.